The van der Waals surface area contributed by atoms with Crippen LogP contribution in [0.25, 0.3) is 11.4 Å². The number of alkyl halides is 3. The highest BCUT2D eigenvalue weighted by Gasteiger charge is 2.38. The number of rotatable bonds is 1. The van der Waals surface area contributed by atoms with E-state index in [0.717, 1.165) is 0 Å². The van der Waals surface area contributed by atoms with Crippen molar-refractivity contribution in [2.75, 3.05) is 5.73 Å². The van der Waals surface area contributed by atoms with Crippen LogP contribution in [0, 0.1) is 6.92 Å². The van der Waals surface area contributed by atoms with Crippen LogP contribution in [0.1, 0.15) is 11.6 Å². The van der Waals surface area contributed by atoms with Crippen LogP contribution < -0.4 is 5.73 Å². The predicted molar refractivity (Wildman–Crippen MR) is 51.7 cm³/mol. The molecule has 0 fully saturated rings. The van der Waals surface area contributed by atoms with Crippen molar-refractivity contribution in [1.29, 1.82) is 0 Å². The fourth-order valence-electron chi connectivity index (χ4n) is 1.26. The highest BCUT2D eigenvalue weighted by molar-refractivity contribution is 5.59. The Bertz CT molecular complexity index is 549. The molecule has 2 heterocycles. The van der Waals surface area contributed by atoms with Crippen molar-refractivity contribution in [3.63, 3.8) is 0 Å². The van der Waals surface area contributed by atoms with Gasteiger partial charge in [0.2, 0.25) is 5.82 Å². The van der Waals surface area contributed by atoms with Crippen LogP contribution in [-0.4, -0.2) is 15.1 Å². The van der Waals surface area contributed by atoms with E-state index in [1.807, 2.05) is 0 Å². The molecule has 0 bridgehead atoms. The molecule has 0 atom stereocenters. The maximum atomic E-state index is 12.2. The Kier molecular flexibility index (Phi) is 2.49. The van der Waals surface area contributed by atoms with Gasteiger partial charge in [0.25, 0.3) is 0 Å². The molecule has 0 aliphatic carbocycles. The largest absolute Gasteiger partial charge is 0.471 e. The first kappa shape index (κ1) is 11.4. The molecule has 0 aliphatic rings. The molecular formula is C9H7F3N4O. The van der Waals surface area contributed by atoms with Crippen molar-refractivity contribution in [2.24, 2.45) is 0 Å². The van der Waals surface area contributed by atoms with E-state index in [1.54, 1.807) is 6.92 Å². The number of anilines is 1. The SMILES string of the molecule is Cc1nc(N)ccc1-c1noc(C(F)(F)F)n1. The molecule has 17 heavy (non-hydrogen) atoms. The van der Waals surface area contributed by atoms with Crippen molar-refractivity contribution < 1.29 is 17.7 Å². The summed E-state index contributed by atoms with van der Waals surface area (Å²) in [5, 5.41) is 3.26. The minimum Gasteiger partial charge on any atom is -0.384 e. The van der Waals surface area contributed by atoms with Crippen LogP contribution in [0.4, 0.5) is 19.0 Å². The number of nitrogens with zero attached hydrogens (tertiary/aromatic N) is 3. The van der Waals surface area contributed by atoms with Crippen molar-refractivity contribution in [3.05, 3.63) is 23.7 Å². The van der Waals surface area contributed by atoms with Crippen molar-refractivity contribution >= 4 is 5.82 Å². The van der Waals surface area contributed by atoms with Crippen LogP contribution in [-0.2, 0) is 6.18 Å². The van der Waals surface area contributed by atoms with Gasteiger partial charge in [-0.2, -0.15) is 18.2 Å². The summed E-state index contributed by atoms with van der Waals surface area (Å²) in [6, 6.07) is 2.94. The van der Waals surface area contributed by atoms with E-state index in [-0.39, 0.29) is 11.6 Å². The first-order chi connectivity index (χ1) is 7.88. The zero-order valence-corrected chi connectivity index (χ0v) is 8.62. The lowest BCUT2D eigenvalue weighted by Gasteiger charge is -2.00. The summed E-state index contributed by atoms with van der Waals surface area (Å²) >= 11 is 0. The Hall–Kier alpha value is -2.12. The monoisotopic (exact) mass is 244 g/mol. The van der Waals surface area contributed by atoms with Gasteiger partial charge in [-0.25, -0.2) is 4.98 Å². The van der Waals surface area contributed by atoms with E-state index in [2.05, 4.69) is 19.6 Å². The average molecular weight is 244 g/mol. The fraction of sp³-hybridized carbons (Fsp3) is 0.222. The molecule has 0 aliphatic heterocycles. The van der Waals surface area contributed by atoms with Gasteiger partial charge in [-0.15, -0.1) is 0 Å². The number of nitrogen functional groups attached to an aromatic ring is 1. The van der Waals surface area contributed by atoms with E-state index in [1.165, 1.54) is 12.1 Å². The molecule has 0 saturated heterocycles. The molecule has 2 aromatic heterocycles. The number of hydrogen-bond donors (Lipinski definition) is 1. The van der Waals surface area contributed by atoms with Crippen LogP contribution in [0.2, 0.25) is 0 Å². The molecule has 90 valence electrons. The van der Waals surface area contributed by atoms with Crippen molar-refractivity contribution in [1.82, 2.24) is 15.1 Å². The molecule has 5 nitrogen and oxygen atoms in total. The van der Waals surface area contributed by atoms with Crippen LogP contribution in [0.3, 0.4) is 0 Å². The zero-order valence-electron chi connectivity index (χ0n) is 8.62. The quantitative estimate of drug-likeness (QED) is 0.830. The molecular weight excluding hydrogens is 237 g/mol. The fourth-order valence-corrected chi connectivity index (χ4v) is 1.26. The second-order valence-corrected chi connectivity index (χ2v) is 3.29. The Morgan fingerprint density at radius 3 is 2.47 bits per heavy atom. The van der Waals surface area contributed by atoms with Gasteiger partial charge in [-0.05, 0) is 19.1 Å². The van der Waals surface area contributed by atoms with Crippen molar-refractivity contribution in [2.45, 2.75) is 13.1 Å². The molecule has 0 spiro atoms. The third-order valence-corrected chi connectivity index (χ3v) is 2.02. The molecule has 2 aromatic rings. The summed E-state index contributed by atoms with van der Waals surface area (Å²) in [4.78, 5) is 7.15. The van der Waals surface area contributed by atoms with Gasteiger partial charge >= 0.3 is 12.1 Å². The van der Waals surface area contributed by atoms with Crippen LogP contribution >= 0.6 is 0 Å². The number of hydrogen-bond acceptors (Lipinski definition) is 5. The Labute approximate surface area is 93.5 Å². The summed E-state index contributed by atoms with van der Waals surface area (Å²) in [6.45, 7) is 1.59. The molecule has 2 N–H and O–H groups in total. The summed E-state index contributed by atoms with van der Waals surface area (Å²) in [5.41, 5.74) is 6.20. The second kappa shape index (κ2) is 3.72. The summed E-state index contributed by atoms with van der Waals surface area (Å²) in [6.07, 6.45) is -4.65. The summed E-state index contributed by atoms with van der Waals surface area (Å²) < 4.78 is 40.9. The molecule has 2 rings (SSSR count). The minimum absolute atomic E-state index is 0.165. The molecule has 0 saturated carbocycles. The highest BCUT2D eigenvalue weighted by atomic mass is 19.4. The highest BCUT2D eigenvalue weighted by Crippen LogP contribution is 2.29. The van der Waals surface area contributed by atoms with Crippen LogP contribution in [0.15, 0.2) is 16.7 Å². The summed E-state index contributed by atoms with van der Waals surface area (Å²) in [5.74, 6) is -1.28. The maximum absolute atomic E-state index is 12.2. The lowest BCUT2D eigenvalue weighted by atomic mass is 10.2. The summed E-state index contributed by atoms with van der Waals surface area (Å²) in [7, 11) is 0. The van der Waals surface area contributed by atoms with Crippen molar-refractivity contribution in [3.8, 4) is 11.4 Å². The predicted octanol–water partition coefficient (Wildman–Crippen LogP) is 2.04. The van der Waals surface area contributed by atoms with Gasteiger partial charge in [0.15, 0.2) is 0 Å². The first-order valence-electron chi connectivity index (χ1n) is 4.52. The lowest BCUT2D eigenvalue weighted by molar-refractivity contribution is -0.159. The van der Waals surface area contributed by atoms with E-state index in [4.69, 9.17) is 5.73 Å². The third-order valence-electron chi connectivity index (χ3n) is 2.02. The molecule has 0 radical (unpaired) electrons. The number of halogens is 3. The Morgan fingerprint density at radius 2 is 1.94 bits per heavy atom. The Morgan fingerprint density at radius 1 is 1.24 bits per heavy atom. The first-order valence-corrected chi connectivity index (χ1v) is 4.52. The molecule has 0 unspecified atom stereocenters. The van der Waals surface area contributed by atoms with E-state index in [0.29, 0.717) is 11.3 Å². The minimum atomic E-state index is -4.65. The van der Waals surface area contributed by atoms with Gasteiger partial charge in [-0.3, -0.25) is 0 Å². The topological polar surface area (TPSA) is 77.8 Å². The zero-order chi connectivity index (χ0) is 12.6. The van der Waals surface area contributed by atoms with E-state index in [9.17, 15) is 13.2 Å². The number of nitrogens with two attached hydrogens (primary N) is 1. The van der Waals surface area contributed by atoms with Gasteiger partial charge < -0.3 is 10.3 Å². The number of aryl methyl sites for hydroxylation is 1. The van der Waals surface area contributed by atoms with E-state index < -0.39 is 12.1 Å². The van der Waals surface area contributed by atoms with Gasteiger partial charge in [0.05, 0.1) is 5.69 Å². The standard InChI is InChI=1S/C9H7F3N4O/c1-4-5(2-3-6(13)14-4)7-15-8(17-16-7)9(10,11)12/h2-3H,1H3,(H2,13,14). The Balaban J connectivity index is 2.44. The maximum Gasteiger partial charge on any atom is 0.471 e. The molecule has 0 aromatic carbocycles. The second-order valence-electron chi connectivity index (χ2n) is 3.29. The normalized spacial score (nSPS) is 11.8. The number of pyridine rings is 1. The molecule has 0 amide bonds. The third kappa shape index (κ3) is 2.19. The van der Waals surface area contributed by atoms with Gasteiger partial charge in [0, 0.05) is 5.56 Å². The smallest absolute Gasteiger partial charge is 0.384 e. The average Bonchev–Trinajstić information content (AvgIpc) is 2.65. The number of aromatic nitrogens is 3. The van der Waals surface area contributed by atoms with E-state index >= 15 is 0 Å². The molecule has 8 heteroatoms. The lowest BCUT2D eigenvalue weighted by Crippen LogP contribution is -2.05. The van der Waals surface area contributed by atoms with Gasteiger partial charge in [0.1, 0.15) is 5.82 Å². The van der Waals surface area contributed by atoms with Crippen LogP contribution in [0.5, 0.6) is 0 Å². The van der Waals surface area contributed by atoms with Gasteiger partial charge in [-0.1, -0.05) is 5.16 Å².